The number of carbonyl (C=O) groups excluding carboxylic acids is 1. The quantitative estimate of drug-likeness (QED) is 0.530. The molecule has 0 saturated carbocycles. The Morgan fingerprint density at radius 1 is 1.23 bits per heavy atom. The molecule has 2 aromatic rings. The third kappa shape index (κ3) is 4.38. The van der Waals surface area contributed by atoms with Crippen LogP contribution in [0.3, 0.4) is 0 Å². The fourth-order valence-electron chi connectivity index (χ4n) is 2.83. The third-order valence-corrected chi connectivity index (χ3v) is 5.28. The number of benzene rings is 2. The number of carboxylic acid groups (broad SMARTS) is 1. The van der Waals surface area contributed by atoms with Gasteiger partial charge >= 0.3 is 5.97 Å². The van der Waals surface area contributed by atoms with E-state index in [9.17, 15) is 14.7 Å². The molecule has 30 heavy (non-hydrogen) atoms. The van der Waals surface area contributed by atoms with Gasteiger partial charge in [-0.25, -0.2) is 9.79 Å². The molecule has 1 aliphatic heterocycles. The average molecular weight is 424 g/mol. The number of aliphatic imine (C=N–C) groups is 1. The van der Waals surface area contributed by atoms with Crippen LogP contribution in [0.5, 0.6) is 11.5 Å². The number of para-hydroxylation sites is 1. The van der Waals surface area contributed by atoms with E-state index in [0.29, 0.717) is 27.1 Å². The van der Waals surface area contributed by atoms with E-state index in [0.717, 1.165) is 11.8 Å². The number of hydrogen-bond donors (Lipinski definition) is 1. The number of thioether (sulfide) groups is 1. The number of aromatic carboxylic acids is 1. The monoisotopic (exact) mass is 424 g/mol. The minimum Gasteiger partial charge on any atom is -0.497 e. The minimum absolute atomic E-state index is 0.0588. The van der Waals surface area contributed by atoms with Gasteiger partial charge in [0.15, 0.2) is 5.17 Å². The predicted octanol–water partition coefficient (Wildman–Crippen LogP) is 4.19. The van der Waals surface area contributed by atoms with Gasteiger partial charge in [-0.2, -0.15) is 0 Å². The summed E-state index contributed by atoms with van der Waals surface area (Å²) < 4.78 is 10.6. The van der Waals surface area contributed by atoms with Crippen molar-refractivity contribution in [3.8, 4) is 11.5 Å². The highest BCUT2D eigenvalue weighted by molar-refractivity contribution is 8.18. The number of carboxylic acids is 1. The number of carbonyl (C=O) groups is 2. The highest BCUT2D eigenvalue weighted by Gasteiger charge is 2.33. The molecule has 1 aliphatic rings. The molecule has 0 atom stereocenters. The average Bonchev–Trinajstić information content (AvgIpc) is 3.03. The van der Waals surface area contributed by atoms with Crippen molar-refractivity contribution in [3.05, 3.63) is 71.2 Å². The highest BCUT2D eigenvalue weighted by Crippen LogP contribution is 2.36. The lowest BCUT2D eigenvalue weighted by molar-refractivity contribution is -0.121. The van der Waals surface area contributed by atoms with Gasteiger partial charge in [-0.15, -0.1) is 6.58 Å². The second-order valence-electron chi connectivity index (χ2n) is 6.14. The maximum atomic E-state index is 13.0. The molecule has 154 valence electrons. The Hall–Kier alpha value is -3.52. The summed E-state index contributed by atoms with van der Waals surface area (Å²) in [5.74, 6) is -0.119. The van der Waals surface area contributed by atoms with E-state index in [1.807, 2.05) is 0 Å². The fraction of sp³-hybridized carbons (Fsp3) is 0.136. The molecular formula is C22H20N2O5S. The maximum absolute atomic E-state index is 13.0. The molecule has 0 unspecified atom stereocenters. The Morgan fingerprint density at radius 3 is 2.67 bits per heavy atom. The van der Waals surface area contributed by atoms with E-state index in [1.165, 1.54) is 11.0 Å². The number of rotatable bonds is 7. The lowest BCUT2D eigenvalue weighted by atomic mass is 10.1. The number of amidine groups is 1. The number of methoxy groups -OCH3 is 2. The van der Waals surface area contributed by atoms with Crippen LogP contribution in [0, 0.1) is 0 Å². The van der Waals surface area contributed by atoms with E-state index in [2.05, 4.69) is 11.6 Å². The number of hydrogen-bond acceptors (Lipinski definition) is 6. The summed E-state index contributed by atoms with van der Waals surface area (Å²) in [6.07, 6.45) is 3.29. The van der Waals surface area contributed by atoms with Crippen molar-refractivity contribution in [3.63, 3.8) is 0 Å². The Balaban J connectivity index is 2.05. The van der Waals surface area contributed by atoms with Gasteiger partial charge in [-0.3, -0.25) is 9.69 Å². The molecular weight excluding hydrogens is 404 g/mol. The van der Waals surface area contributed by atoms with E-state index in [-0.39, 0.29) is 23.7 Å². The number of ether oxygens (including phenoxy) is 2. The molecule has 1 amide bonds. The first kappa shape index (κ1) is 21.2. The second-order valence-corrected chi connectivity index (χ2v) is 7.15. The van der Waals surface area contributed by atoms with Crippen LogP contribution in [0.4, 0.5) is 5.69 Å². The normalized spacial score (nSPS) is 16.2. The van der Waals surface area contributed by atoms with E-state index in [1.54, 1.807) is 62.8 Å². The third-order valence-electron chi connectivity index (χ3n) is 4.27. The molecule has 1 heterocycles. The van der Waals surface area contributed by atoms with Gasteiger partial charge in [0.1, 0.15) is 11.5 Å². The van der Waals surface area contributed by atoms with Crippen LogP contribution >= 0.6 is 11.8 Å². The van der Waals surface area contributed by atoms with Crippen molar-refractivity contribution >= 4 is 40.6 Å². The van der Waals surface area contributed by atoms with Gasteiger partial charge in [0.25, 0.3) is 5.91 Å². The van der Waals surface area contributed by atoms with Crippen LogP contribution in [0.1, 0.15) is 15.9 Å². The predicted molar refractivity (Wildman–Crippen MR) is 118 cm³/mol. The second kappa shape index (κ2) is 9.32. The summed E-state index contributed by atoms with van der Waals surface area (Å²) in [5, 5.41) is 9.78. The standard InChI is InChI=1S/C22H20N2O5S/c1-4-11-24-20(25)19(13-14-12-15(28-2)9-10-18(14)29-3)30-22(24)23-17-8-6-5-7-16(17)21(26)27/h4-10,12-13H,1,11H2,2-3H3,(H,26,27)/b19-13-,23-22?. The first-order valence-corrected chi connectivity index (χ1v) is 9.75. The molecule has 0 aliphatic carbocycles. The Morgan fingerprint density at radius 2 is 2.00 bits per heavy atom. The topological polar surface area (TPSA) is 88.4 Å². The van der Waals surface area contributed by atoms with Gasteiger partial charge in [0.2, 0.25) is 0 Å². The molecule has 0 bridgehead atoms. The van der Waals surface area contributed by atoms with Crippen LogP contribution in [0.15, 0.2) is 65.0 Å². The molecule has 1 saturated heterocycles. The van der Waals surface area contributed by atoms with Crippen LogP contribution < -0.4 is 9.47 Å². The highest BCUT2D eigenvalue weighted by atomic mass is 32.2. The molecule has 0 spiro atoms. The molecule has 0 aromatic heterocycles. The zero-order valence-electron chi connectivity index (χ0n) is 16.5. The van der Waals surface area contributed by atoms with Gasteiger partial charge in [0, 0.05) is 12.1 Å². The molecule has 1 N–H and O–H groups in total. The Labute approximate surface area is 178 Å². The van der Waals surface area contributed by atoms with Crippen molar-refractivity contribution in [1.82, 2.24) is 4.90 Å². The van der Waals surface area contributed by atoms with Crippen molar-refractivity contribution in [1.29, 1.82) is 0 Å². The summed E-state index contributed by atoms with van der Waals surface area (Å²) in [6.45, 7) is 3.94. The van der Waals surface area contributed by atoms with Crippen LogP contribution in [-0.4, -0.2) is 47.8 Å². The Bertz CT molecular complexity index is 1060. The molecule has 8 heteroatoms. The van der Waals surface area contributed by atoms with Gasteiger partial charge < -0.3 is 14.6 Å². The largest absolute Gasteiger partial charge is 0.497 e. The molecule has 2 aromatic carbocycles. The number of nitrogens with zero attached hydrogens (tertiary/aromatic N) is 2. The lowest BCUT2D eigenvalue weighted by Crippen LogP contribution is -2.29. The number of amides is 1. The zero-order chi connectivity index (χ0) is 21.7. The summed E-state index contributed by atoms with van der Waals surface area (Å²) >= 11 is 1.16. The van der Waals surface area contributed by atoms with Crippen molar-refractivity contribution in [2.24, 2.45) is 4.99 Å². The summed E-state index contributed by atoms with van der Waals surface area (Å²) in [7, 11) is 3.11. The molecule has 1 fully saturated rings. The van der Waals surface area contributed by atoms with Crippen molar-refractivity contribution in [2.75, 3.05) is 20.8 Å². The summed E-state index contributed by atoms with van der Waals surface area (Å²) in [6, 6.07) is 11.7. The zero-order valence-corrected chi connectivity index (χ0v) is 17.3. The van der Waals surface area contributed by atoms with Crippen LogP contribution in [0.2, 0.25) is 0 Å². The first-order valence-electron chi connectivity index (χ1n) is 8.93. The maximum Gasteiger partial charge on any atom is 0.337 e. The minimum atomic E-state index is -1.09. The van der Waals surface area contributed by atoms with Crippen LogP contribution in [0.25, 0.3) is 6.08 Å². The van der Waals surface area contributed by atoms with Crippen molar-refractivity contribution < 1.29 is 24.2 Å². The van der Waals surface area contributed by atoms with E-state index >= 15 is 0 Å². The van der Waals surface area contributed by atoms with Crippen LogP contribution in [-0.2, 0) is 4.79 Å². The van der Waals surface area contributed by atoms with Crippen molar-refractivity contribution in [2.45, 2.75) is 0 Å². The van der Waals surface area contributed by atoms with Gasteiger partial charge in [0.05, 0.1) is 30.4 Å². The fourth-order valence-corrected chi connectivity index (χ4v) is 3.82. The van der Waals surface area contributed by atoms with Gasteiger partial charge in [-0.1, -0.05) is 18.2 Å². The Kier molecular flexibility index (Phi) is 6.58. The lowest BCUT2D eigenvalue weighted by Gasteiger charge is -2.13. The van der Waals surface area contributed by atoms with E-state index < -0.39 is 5.97 Å². The molecule has 0 radical (unpaired) electrons. The first-order chi connectivity index (χ1) is 14.5. The molecule has 3 rings (SSSR count). The summed E-state index contributed by atoms with van der Waals surface area (Å²) in [4.78, 5) is 30.8. The summed E-state index contributed by atoms with van der Waals surface area (Å²) in [5.41, 5.74) is 1.01. The SMILES string of the molecule is C=CCN1C(=O)/C(=C/c2cc(OC)ccc2OC)SC1=Nc1ccccc1C(=O)O. The van der Waals surface area contributed by atoms with E-state index in [4.69, 9.17) is 9.47 Å². The smallest absolute Gasteiger partial charge is 0.337 e. The van der Waals surface area contributed by atoms with Gasteiger partial charge in [-0.05, 0) is 48.2 Å². The molecule has 7 nitrogen and oxygen atoms in total.